The normalized spacial score (nSPS) is 17.2. The molecule has 5 heteroatoms. The molecular formula is C16H22N2O3. The summed E-state index contributed by atoms with van der Waals surface area (Å²) in [4.78, 5) is 22.8. The molecule has 114 valence electrons. The summed E-state index contributed by atoms with van der Waals surface area (Å²) in [6.45, 7) is 0. The van der Waals surface area contributed by atoms with Crippen LogP contribution in [0.25, 0.3) is 0 Å². The number of nitrogens with two attached hydrogens (primary N) is 1. The van der Waals surface area contributed by atoms with Crippen LogP contribution in [0.2, 0.25) is 0 Å². The Morgan fingerprint density at radius 2 is 1.81 bits per heavy atom. The van der Waals surface area contributed by atoms with Crippen molar-refractivity contribution in [1.29, 1.82) is 0 Å². The smallest absolute Gasteiger partial charge is 0.320 e. The van der Waals surface area contributed by atoms with Gasteiger partial charge in [0, 0.05) is 11.6 Å². The van der Waals surface area contributed by atoms with Gasteiger partial charge in [0.15, 0.2) is 0 Å². The fraction of sp³-hybridized carbons (Fsp3) is 0.500. The summed E-state index contributed by atoms with van der Waals surface area (Å²) in [6.07, 6.45) is 5.71. The maximum absolute atomic E-state index is 12.1. The topological polar surface area (TPSA) is 92.4 Å². The molecule has 1 aliphatic carbocycles. The molecule has 0 heterocycles. The first-order chi connectivity index (χ1) is 10.1. The zero-order valence-corrected chi connectivity index (χ0v) is 12.0. The second-order valence-electron chi connectivity index (χ2n) is 5.67. The number of carbonyl (C=O) groups is 2. The van der Waals surface area contributed by atoms with Crippen molar-refractivity contribution in [3.05, 3.63) is 29.8 Å². The van der Waals surface area contributed by atoms with Gasteiger partial charge in [-0.3, -0.25) is 9.59 Å². The standard InChI is InChI=1S/C16H22N2O3/c17-14(16(20)21)10-11-6-8-13(9-7-11)18-15(19)12-4-2-1-3-5-12/h6-9,12,14H,1-5,10,17H2,(H,18,19)(H,20,21)/t14-/m0/s1. The van der Waals surface area contributed by atoms with Gasteiger partial charge in [-0.05, 0) is 37.0 Å². The molecule has 1 atom stereocenters. The van der Waals surface area contributed by atoms with Crippen LogP contribution in [-0.2, 0) is 16.0 Å². The van der Waals surface area contributed by atoms with Gasteiger partial charge in [0.05, 0.1) is 0 Å². The highest BCUT2D eigenvalue weighted by molar-refractivity contribution is 5.92. The molecule has 0 saturated heterocycles. The van der Waals surface area contributed by atoms with Gasteiger partial charge >= 0.3 is 5.97 Å². The second kappa shape index (κ2) is 7.22. The minimum atomic E-state index is -1.01. The molecule has 2 rings (SSSR count). The summed E-state index contributed by atoms with van der Waals surface area (Å²) in [7, 11) is 0. The first-order valence-corrected chi connectivity index (χ1v) is 7.44. The molecule has 1 aliphatic rings. The Hall–Kier alpha value is -1.88. The maximum atomic E-state index is 12.1. The molecular weight excluding hydrogens is 268 g/mol. The first-order valence-electron chi connectivity index (χ1n) is 7.44. The van der Waals surface area contributed by atoms with E-state index >= 15 is 0 Å². The third-order valence-electron chi connectivity index (χ3n) is 3.97. The number of nitrogens with one attached hydrogen (secondary N) is 1. The first kappa shape index (κ1) is 15.5. The molecule has 1 aromatic carbocycles. The number of hydrogen-bond donors (Lipinski definition) is 3. The number of rotatable bonds is 5. The van der Waals surface area contributed by atoms with Crippen LogP contribution in [0.5, 0.6) is 0 Å². The Kier molecular flexibility index (Phi) is 5.33. The van der Waals surface area contributed by atoms with Gasteiger partial charge in [0.1, 0.15) is 6.04 Å². The minimum absolute atomic E-state index is 0.0877. The highest BCUT2D eigenvalue weighted by Gasteiger charge is 2.21. The van der Waals surface area contributed by atoms with Gasteiger partial charge in [-0.1, -0.05) is 31.4 Å². The van der Waals surface area contributed by atoms with Crippen molar-refractivity contribution in [3.63, 3.8) is 0 Å². The molecule has 0 bridgehead atoms. The molecule has 21 heavy (non-hydrogen) atoms. The van der Waals surface area contributed by atoms with Crippen LogP contribution in [0.15, 0.2) is 24.3 Å². The summed E-state index contributed by atoms with van der Waals surface area (Å²) in [5.41, 5.74) is 7.09. The van der Waals surface area contributed by atoms with Crippen LogP contribution in [0.3, 0.4) is 0 Å². The van der Waals surface area contributed by atoms with E-state index in [-0.39, 0.29) is 18.2 Å². The average molecular weight is 290 g/mol. The summed E-state index contributed by atoms with van der Waals surface area (Å²) in [5, 5.41) is 11.7. The van der Waals surface area contributed by atoms with Crippen LogP contribution in [-0.4, -0.2) is 23.0 Å². The number of carboxylic acids is 1. The number of amides is 1. The lowest BCUT2D eigenvalue weighted by molar-refractivity contribution is -0.138. The van der Waals surface area contributed by atoms with Crippen molar-refractivity contribution in [2.24, 2.45) is 11.7 Å². The molecule has 0 aromatic heterocycles. The van der Waals surface area contributed by atoms with Crippen LogP contribution < -0.4 is 11.1 Å². The quantitative estimate of drug-likeness (QED) is 0.774. The average Bonchev–Trinajstić information content (AvgIpc) is 2.50. The van der Waals surface area contributed by atoms with Crippen LogP contribution >= 0.6 is 0 Å². The summed E-state index contributed by atoms with van der Waals surface area (Å²) < 4.78 is 0. The fourth-order valence-electron chi connectivity index (χ4n) is 2.67. The molecule has 1 amide bonds. The van der Waals surface area contributed by atoms with E-state index in [2.05, 4.69) is 5.32 Å². The molecule has 0 radical (unpaired) electrons. The number of carbonyl (C=O) groups excluding carboxylic acids is 1. The van der Waals surface area contributed by atoms with Crippen molar-refractivity contribution in [2.75, 3.05) is 5.32 Å². The predicted molar refractivity (Wildman–Crippen MR) is 81.0 cm³/mol. The largest absolute Gasteiger partial charge is 0.480 e. The van der Waals surface area contributed by atoms with Crippen LogP contribution in [0, 0.1) is 5.92 Å². The Labute approximate surface area is 124 Å². The molecule has 0 aliphatic heterocycles. The number of benzene rings is 1. The Morgan fingerprint density at radius 3 is 2.38 bits per heavy atom. The third kappa shape index (κ3) is 4.56. The Balaban J connectivity index is 1.89. The second-order valence-corrected chi connectivity index (χ2v) is 5.67. The lowest BCUT2D eigenvalue weighted by Crippen LogP contribution is -2.32. The van der Waals surface area contributed by atoms with Gasteiger partial charge in [0.25, 0.3) is 0 Å². The molecule has 0 spiro atoms. The van der Waals surface area contributed by atoms with Gasteiger partial charge < -0.3 is 16.2 Å². The Bertz CT molecular complexity index is 493. The highest BCUT2D eigenvalue weighted by atomic mass is 16.4. The van der Waals surface area contributed by atoms with Crippen LogP contribution in [0.1, 0.15) is 37.7 Å². The fourth-order valence-corrected chi connectivity index (χ4v) is 2.67. The number of aliphatic carboxylic acids is 1. The van der Waals surface area contributed by atoms with E-state index in [1.165, 1.54) is 6.42 Å². The van der Waals surface area contributed by atoms with Gasteiger partial charge in [-0.2, -0.15) is 0 Å². The third-order valence-corrected chi connectivity index (χ3v) is 3.97. The number of carboxylic acid groups (broad SMARTS) is 1. The zero-order chi connectivity index (χ0) is 15.2. The van der Waals surface area contributed by atoms with E-state index < -0.39 is 12.0 Å². The minimum Gasteiger partial charge on any atom is -0.480 e. The van der Waals surface area contributed by atoms with E-state index in [1.807, 2.05) is 0 Å². The summed E-state index contributed by atoms with van der Waals surface area (Å²) >= 11 is 0. The molecule has 5 nitrogen and oxygen atoms in total. The van der Waals surface area contributed by atoms with Gasteiger partial charge in [-0.15, -0.1) is 0 Å². The predicted octanol–water partition coefficient (Wildman–Crippen LogP) is 2.16. The summed E-state index contributed by atoms with van der Waals surface area (Å²) in [5.74, 6) is -0.798. The highest BCUT2D eigenvalue weighted by Crippen LogP contribution is 2.25. The SMILES string of the molecule is N[C@@H](Cc1ccc(NC(=O)C2CCCCC2)cc1)C(=O)O. The zero-order valence-electron chi connectivity index (χ0n) is 12.0. The van der Waals surface area contributed by atoms with Crippen molar-refractivity contribution in [1.82, 2.24) is 0 Å². The van der Waals surface area contributed by atoms with Crippen molar-refractivity contribution in [3.8, 4) is 0 Å². The van der Waals surface area contributed by atoms with Crippen molar-refractivity contribution < 1.29 is 14.7 Å². The number of anilines is 1. The molecule has 1 fully saturated rings. The monoisotopic (exact) mass is 290 g/mol. The molecule has 1 saturated carbocycles. The van der Waals surface area contributed by atoms with Gasteiger partial charge in [-0.25, -0.2) is 0 Å². The summed E-state index contributed by atoms with van der Waals surface area (Å²) in [6, 6.07) is 6.31. The Morgan fingerprint density at radius 1 is 1.19 bits per heavy atom. The lowest BCUT2D eigenvalue weighted by atomic mass is 9.88. The lowest BCUT2D eigenvalue weighted by Gasteiger charge is -2.20. The number of hydrogen-bond acceptors (Lipinski definition) is 3. The van der Waals surface area contributed by atoms with Crippen LogP contribution in [0.4, 0.5) is 5.69 Å². The van der Waals surface area contributed by atoms with E-state index in [4.69, 9.17) is 10.8 Å². The van der Waals surface area contributed by atoms with E-state index in [9.17, 15) is 9.59 Å². The van der Waals surface area contributed by atoms with Gasteiger partial charge in [0.2, 0.25) is 5.91 Å². The van der Waals surface area contributed by atoms with Crippen molar-refractivity contribution in [2.45, 2.75) is 44.6 Å². The van der Waals surface area contributed by atoms with E-state index in [1.54, 1.807) is 24.3 Å². The molecule has 4 N–H and O–H groups in total. The van der Waals surface area contributed by atoms with Crippen molar-refractivity contribution >= 4 is 17.6 Å². The van der Waals surface area contributed by atoms with E-state index in [0.717, 1.165) is 36.9 Å². The van der Waals surface area contributed by atoms with E-state index in [0.29, 0.717) is 0 Å². The molecule has 1 aromatic rings. The molecule has 0 unspecified atom stereocenters. The maximum Gasteiger partial charge on any atom is 0.320 e.